The van der Waals surface area contributed by atoms with E-state index in [1.807, 2.05) is 91.0 Å². The second-order valence-electron chi connectivity index (χ2n) is 13.3. The number of aromatic nitrogens is 2. The fraction of sp³-hybridized carbons (Fsp3) is 0.375. The fourth-order valence-corrected chi connectivity index (χ4v) is 7.59. The first kappa shape index (κ1) is 35.9. The molecular weight excluding hydrogens is 678 g/mol. The maximum absolute atomic E-state index is 14.6. The molecule has 7 rings (SSSR count). The summed E-state index contributed by atoms with van der Waals surface area (Å²) in [6, 6.07) is 29.3. The van der Waals surface area contributed by atoms with Crippen molar-refractivity contribution < 1.29 is 38.0 Å². The Hall–Kier alpha value is -5.53. The Kier molecular flexibility index (Phi) is 10.8. The lowest BCUT2D eigenvalue weighted by Crippen LogP contribution is -2.68. The average Bonchev–Trinajstić information content (AvgIpc) is 3.67. The van der Waals surface area contributed by atoms with Crippen LogP contribution in [-0.4, -0.2) is 83.2 Å². The second kappa shape index (κ2) is 16.0. The van der Waals surface area contributed by atoms with Crippen LogP contribution in [0.3, 0.4) is 0 Å². The molecule has 0 aliphatic carbocycles. The summed E-state index contributed by atoms with van der Waals surface area (Å²) in [6.45, 7) is 3.02. The van der Waals surface area contributed by atoms with Gasteiger partial charge in [0.1, 0.15) is 13.2 Å². The van der Waals surface area contributed by atoms with Gasteiger partial charge in [-0.25, -0.2) is 14.5 Å². The van der Waals surface area contributed by atoms with E-state index in [0.717, 1.165) is 16.7 Å². The van der Waals surface area contributed by atoms with Crippen LogP contribution in [0.25, 0.3) is 0 Å². The predicted octanol–water partition coefficient (Wildman–Crippen LogP) is 6.34. The molecule has 3 saturated heterocycles. The van der Waals surface area contributed by atoms with E-state index >= 15 is 0 Å². The number of carbonyl (C=O) groups is 2. The van der Waals surface area contributed by atoms with Crippen molar-refractivity contribution in [1.29, 1.82) is 0 Å². The van der Waals surface area contributed by atoms with Crippen molar-refractivity contribution in [2.45, 2.75) is 63.3 Å². The molecule has 13 nitrogen and oxygen atoms in total. The molecule has 4 atom stereocenters. The molecule has 0 saturated carbocycles. The number of hydrogen-bond donors (Lipinski definition) is 0. The smallest absolute Gasteiger partial charge is 0.437 e. The third kappa shape index (κ3) is 7.81. The minimum Gasteiger partial charge on any atom is -0.481 e. The zero-order valence-corrected chi connectivity index (χ0v) is 30.0. The number of guanidine groups is 1. The maximum atomic E-state index is 14.6. The number of piperidine rings is 1. The molecule has 4 aromatic rings. The highest BCUT2D eigenvalue weighted by Crippen LogP contribution is 2.51. The molecule has 0 bridgehead atoms. The van der Waals surface area contributed by atoms with E-state index in [1.165, 1.54) is 19.1 Å². The second-order valence-corrected chi connectivity index (χ2v) is 13.3. The van der Waals surface area contributed by atoms with Crippen molar-refractivity contribution in [2.24, 2.45) is 10.9 Å². The highest BCUT2D eigenvalue weighted by molar-refractivity contribution is 6.00. The van der Waals surface area contributed by atoms with Crippen LogP contribution in [0.4, 0.5) is 9.59 Å². The molecule has 1 spiro atoms. The van der Waals surface area contributed by atoms with Crippen molar-refractivity contribution >= 4 is 18.1 Å². The topological polar surface area (TPSA) is 134 Å². The normalized spacial score (nSPS) is 22.7. The number of benzene rings is 3. The van der Waals surface area contributed by atoms with Crippen LogP contribution in [0.15, 0.2) is 102 Å². The number of rotatable bonds is 9. The largest absolute Gasteiger partial charge is 0.481 e. The van der Waals surface area contributed by atoms with Crippen molar-refractivity contribution in [2.75, 3.05) is 27.4 Å². The molecule has 3 aliphatic rings. The molecule has 1 aromatic heterocycles. The van der Waals surface area contributed by atoms with Gasteiger partial charge in [-0.1, -0.05) is 97.9 Å². The molecule has 13 heteroatoms. The first-order chi connectivity index (χ1) is 25.9. The molecule has 276 valence electrons. The van der Waals surface area contributed by atoms with Gasteiger partial charge in [0, 0.05) is 30.9 Å². The predicted molar refractivity (Wildman–Crippen MR) is 193 cm³/mol. The van der Waals surface area contributed by atoms with Crippen molar-refractivity contribution in [3.8, 4) is 11.9 Å². The molecule has 1 unspecified atom stereocenters. The lowest BCUT2D eigenvalue weighted by atomic mass is 9.75. The summed E-state index contributed by atoms with van der Waals surface area (Å²) in [5, 5.41) is 0. The molecule has 0 N–H and O–H groups in total. The van der Waals surface area contributed by atoms with Crippen LogP contribution < -0.4 is 9.47 Å². The quantitative estimate of drug-likeness (QED) is 0.192. The Morgan fingerprint density at radius 2 is 1.47 bits per heavy atom. The zero-order chi connectivity index (χ0) is 36.8. The minimum atomic E-state index is -0.886. The zero-order valence-electron chi connectivity index (χ0n) is 30.0. The van der Waals surface area contributed by atoms with E-state index < -0.39 is 30.1 Å². The summed E-state index contributed by atoms with van der Waals surface area (Å²) in [7, 11) is 2.99. The van der Waals surface area contributed by atoms with Gasteiger partial charge >= 0.3 is 18.2 Å². The van der Waals surface area contributed by atoms with Crippen LogP contribution in [0.5, 0.6) is 11.9 Å². The Labute approximate surface area is 308 Å². The lowest BCUT2D eigenvalue weighted by Gasteiger charge is -2.58. The number of amides is 2. The maximum Gasteiger partial charge on any atom is 0.437 e. The van der Waals surface area contributed by atoms with Gasteiger partial charge in [0.15, 0.2) is 5.79 Å². The van der Waals surface area contributed by atoms with Gasteiger partial charge in [-0.3, -0.25) is 0 Å². The van der Waals surface area contributed by atoms with Gasteiger partial charge in [-0.05, 0) is 23.1 Å². The molecule has 3 aromatic carbocycles. The van der Waals surface area contributed by atoms with Crippen LogP contribution in [-0.2, 0) is 38.6 Å². The number of ether oxygens (including phenoxy) is 6. The summed E-state index contributed by atoms with van der Waals surface area (Å²) < 4.78 is 35.4. The first-order valence-electron chi connectivity index (χ1n) is 17.7. The van der Waals surface area contributed by atoms with E-state index in [-0.39, 0.29) is 43.6 Å². The summed E-state index contributed by atoms with van der Waals surface area (Å²) in [4.78, 5) is 45.3. The Balaban J connectivity index is 1.34. The van der Waals surface area contributed by atoms with Crippen molar-refractivity contribution in [3.05, 3.63) is 119 Å². The number of carbonyl (C=O) groups excluding carboxylic acids is 2. The number of methoxy groups -OCH3 is 2. The molecule has 4 heterocycles. The van der Waals surface area contributed by atoms with E-state index in [0.29, 0.717) is 37.6 Å². The highest BCUT2D eigenvalue weighted by atomic mass is 16.7. The van der Waals surface area contributed by atoms with Crippen LogP contribution in [0, 0.1) is 5.92 Å². The highest BCUT2D eigenvalue weighted by Gasteiger charge is 2.58. The number of fused-ring (bicyclic) bond motifs is 1. The number of aliphatic imine (C=N–C) groups is 1. The molecular formula is C40H43N5O8. The number of hydrogen-bond acceptors (Lipinski definition) is 10. The fourth-order valence-electron chi connectivity index (χ4n) is 7.59. The average molecular weight is 722 g/mol. The summed E-state index contributed by atoms with van der Waals surface area (Å²) in [6.07, 6.45) is -0.374. The standard InChI is InChI=1S/C40H43N5O8/c1-27-35(30-17-11-6-12-18-30)44-33(24-40(27)52-19-20-53-40)23-32(21-31-22-34(48-2)42-36(41-31)49-3)45(39(47)51-26-29-15-9-5-10-16-29)37(44)43-38(46)50-25-28-13-7-4-8-14-28/h4-18,22,27,32-33,35H,19-21,23-26H2,1-3H3/b43-37-/t27-,32?,33+,35+/m1/s1. The van der Waals surface area contributed by atoms with Gasteiger partial charge in [0.05, 0.1) is 45.2 Å². The van der Waals surface area contributed by atoms with E-state index in [9.17, 15) is 9.59 Å². The van der Waals surface area contributed by atoms with E-state index in [1.54, 1.807) is 6.07 Å². The summed E-state index contributed by atoms with van der Waals surface area (Å²) in [5.74, 6) is -0.696. The number of nitrogens with zero attached hydrogens (tertiary/aromatic N) is 5. The molecule has 53 heavy (non-hydrogen) atoms. The van der Waals surface area contributed by atoms with Crippen LogP contribution >= 0.6 is 0 Å². The first-order valence-corrected chi connectivity index (χ1v) is 17.7. The molecule has 2 amide bonds. The monoisotopic (exact) mass is 721 g/mol. The minimum absolute atomic E-state index is 0.00555. The SMILES string of the molecule is COc1cc(CC2C[C@H]3CC4(OCCO4)[C@H](C)[C@@H](c4ccccc4)N3/C(=N/C(=O)OCc3ccccc3)N2C(=O)OCc2ccccc2)nc(OC)n1. The van der Waals surface area contributed by atoms with Crippen molar-refractivity contribution in [1.82, 2.24) is 19.8 Å². The van der Waals surface area contributed by atoms with Gasteiger partial charge in [0.25, 0.3) is 0 Å². The summed E-state index contributed by atoms with van der Waals surface area (Å²) in [5.41, 5.74) is 3.13. The van der Waals surface area contributed by atoms with E-state index in [4.69, 9.17) is 28.4 Å². The van der Waals surface area contributed by atoms with E-state index in [2.05, 4.69) is 26.8 Å². The Bertz CT molecular complexity index is 1870. The van der Waals surface area contributed by atoms with Gasteiger partial charge in [-0.15, -0.1) is 4.99 Å². The van der Waals surface area contributed by atoms with Gasteiger partial charge in [0.2, 0.25) is 11.8 Å². The Morgan fingerprint density at radius 1 is 0.849 bits per heavy atom. The third-order valence-corrected chi connectivity index (χ3v) is 10.0. The van der Waals surface area contributed by atoms with Crippen molar-refractivity contribution in [3.63, 3.8) is 0 Å². The van der Waals surface area contributed by atoms with Gasteiger partial charge < -0.3 is 33.3 Å². The van der Waals surface area contributed by atoms with Gasteiger partial charge in [-0.2, -0.15) is 9.97 Å². The Morgan fingerprint density at radius 3 is 2.09 bits per heavy atom. The lowest BCUT2D eigenvalue weighted by molar-refractivity contribution is -0.240. The van der Waals surface area contributed by atoms with Crippen LogP contribution in [0.1, 0.15) is 48.2 Å². The van der Waals surface area contributed by atoms with Crippen LogP contribution in [0.2, 0.25) is 0 Å². The molecule has 3 fully saturated rings. The third-order valence-electron chi connectivity index (χ3n) is 10.0. The summed E-state index contributed by atoms with van der Waals surface area (Å²) >= 11 is 0. The molecule has 0 radical (unpaired) electrons. The molecule has 3 aliphatic heterocycles.